The van der Waals surface area contributed by atoms with Crippen molar-refractivity contribution in [3.05, 3.63) is 57.3 Å². The lowest BCUT2D eigenvalue weighted by Gasteiger charge is -2.15. The number of nitrogens with zero attached hydrogens (tertiary/aromatic N) is 2. The van der Waals surface area contributed by atoms with Gasteiger partial charge in [-0.2, -0.15) is 0 Å². The van der Waals surface area contributed by atoms with Crippen molar-refractivity contribution in [1.29, 1.82) is 0 Å². The van der Waals surface area contributed by atoms with Crippen molar-refractivity contribution in [1.82, 2.24) is 9.55 Å². The summed E-state index contributed by atoms with van der Waals surface area (Å²) in [5.41, 5.74) is 1.45. The number of methoxy groups -OCH3 is 1. The van der Waals surface area contributed by atoms with Crippen molar-refractivity contribution in [2.24, 2.45) is 0 Å². The van der Waals surface area contributed by atoms with Crippen molar-refractivity contribution in [3.63, 3.8) is 0 Å². The van der Waals surface area contributed by atoms with Gasteiger partial charge in [-0.1, -0.05) is 17.7 Å². The highest BCUT2D eigenvalue weighted by Crippen LogP contribution is 2.45. The Morgan fingerprint density at radius 1 is 1.30 bits per heavy atom. The molecule has 8 heteroatoms. The Kier molecular flexibility index (Phi) is 4.52. The molecular formula is C22H17ClN2O4S. The highest BCUT2D eigenvalue weighted by molar-refractivity contribution is 7.25. The number of ether oxygens (including phenoxy) is 1. The molecule has 0 spiro atoms. The van der Waals surface area contributed by atoms with Gasteiger partial charge in [0.15, 0.2) is 0 Å². The third-order valence-corrected chi connectivity index (χ3v) is 6.65. The molecule has 1 fully saturated rings. The number of halogens is 1. The normalized spacial score (nSPS) is 13.8. The molecule has 0 bridgehead atoms. The van der Waals surface area contributed by atoms with Gasteiger partial charge in [-0.3, -0.25) is 14.2 Å². The Morgan fingerprint density at radius 3 is 2.80 bits per heavy atom. The third kappa shape index (κ3) is 3.14. The molecule has 2 aromatic carbocycles. The number of fused-ring (bicyclic) bond motifs is 3. The van der Waals surface area contributed by atoms with Crippen LogP contribution in [0.25, 0.3) is 31.7 Å². The van der Waals surface area contributed by atoms with Crippen LogP contribution in [-0.2, 0) is 11.3 Å². The maximum absolute atomic E-state index is 13.4. The van der Waals surface area contributed by atoms with Gasteiger partial charge < -0.3 is 9.84 Å². The van der Waals surface area contributed by atoms with Gasteiger partial charge in [0, 0.05) is 20.7 Å². The molecule has 30 heavy (non-hydrogen) atoms. The Bertz CT molecular complexity index is 1390. The van der Waals surface area contributed by atoms with E-state index in [-0.39, 0.29) is 5.56 Å². The van der Waals surface area contributed by atoms with Crippen molar-refractivity contribution in [3.8, 4) is 17.1 Å². The second kappa shape index (κ2) is 7.11. The standard InChI is InChI=1S/C22H17ClN2O4S/c1-29-13-5-7-14(16(9-13)11-2-3-11)20-24-21-19(22(28)25(20)10-18(26)27)15-6-4-12(23)8-17(15)30-21/h4-9,11H,2-3,10H2,1H3,(H,26,27). The van der Waals surface area contributed by atoms with Crippen molar-refractivity contribution < 1.29 is 14.6 Å². The highest BCUT2D eigenvalue weighted by atomic mass is 35.5. The molecule has 0 radical (unpaired) electrons. The molecule has 5 rings (SSSR count). The van der Waals surface area contributed by atoms with E-state index >= 15 is 0 Å². The fraction of sp³-hybridized carbons (Fsp3) is 0.227. The highest BCUT2D eigenvalue weighted by Gasteiger charge is 2.29. The van der Waals surface area contributed by atoms with Gasteiger partial charge in [-0.25, -0.2) is 4.98 Å². The van der Waals surface area contributed by atoms with Crippen LogP contribution in [0.15, 0.2) is 41.2 Å². The van der Waals surface area contributed by atoms with Crippen LogP contribution in [0.2, 0.25) is 5.02 Å². The van der Waals surface area contributed by atoms with E-state index in [4.69, 9.17) is 21.3 Å². The SMILES string of the molecule is COc1ccc(-c2nc3sc4cc(Cl)ccc4c3c(=O)n2CC(=O)O)c(C2CC2)c1. The van der Waals surface area contributed by atoms with E-state index in [0.717, 1.165) is 39.8 Å². The fourth-order valence-corrected chi connectivity index (χ4v) is 5.16. The number of hydrogen-bond donors (Lipinski definition) is 1. The lowest BCUT2D eigenvalue weighted by atomic mass is 10.0. The van der Waals surface area contributed by atoms with Crippen molar-refractivity contribution in [2.75, 3.05) is 7.11 Å². The van der Waals surface area contributed by atoms with Crippen LogP contribution in [0.3, 0.4) is 0 Å². The summed E-state index contributed by atoms with van der Waals surface area (Å²) in [6.07, 6.45) is 2.10. The quantitative estimate of drug-likeness (QED) is 0.477. The minimum absolute atomic E-state index is 0.358. The molecule has 1 saturated carbocycles. The summed E-state index contributed by atoms with van der Waals surface area (Å²) in [6.45, 7) is -0.460. The van der Waals surface area contributed by atoms with Crippen LogP contribution < -0.4 is 10.3 Å². The molecule has 0 saturated heterocycles. The summed E-state index contributed by atoms with van der Waals surface area (Å²) in [4.78, 5) is 30.4. The smallest absolute Gasteiger partial charge is 0.323 e. The lowest BCUT2D eigenvalue weighted by Crippen LogP contribution is -2.26. The number of carboxylic acid groups (broad SMARTS) is 1. The van der Waals surface area contributed by atoms with Gasteiger partial charge in [0.1, 0.15) is 22.9 Å². The van der Waals surface area contributed by atoms with E-state index in [0.29, 0.717) is 27.0 Å². The van der Waals surface area contributed by atoms with Gasteiger partial charge in [0.25, 0.3) is 5.56 Å². The fourth-order valence-electron chi connectivity index (χ4n) is 3.82. The van der Waals surface area contributed by atoms with E-state index in [9.17, 15) is 14.7 Å². The maximum atomic E-state index is 13.4. The first-order valence-electron chi connectivity index (χ1n) is 9.49. The van der Waals surface area contributed by atoms with E-state index in [1.54, 1.807) is 25.3 Å². The zero-order valence-corrected chi connectivity index (χ0v) is 17.6. The Morgan fingerprint density at radius 2 is 2.10 bits per heavy atom. The molecule has 6 nitrogen and oxygen atoms in total. The molecule has 2 aromatic heterocycles. The van der Waals surface area contributed by atoms with Crippen LogP contribution in [0.4, 0.5) is 0 Å². The average molecular weight is 441 g/mol. The third-order valence-electron chi connectivity index (χ3n) is 5.37. The minimum Gasteiger partial charge on any atom is -0.497 e. The summed E-state index contributed by atoms with van der Waals surface area (Å²) < 4.78 is 7.48. The van der Waals surface area contributed by atoms with Crippen LogP contribution in [0, 0.1) is 0 Å². The predicted molar refractivity (Wildman–Crippen MR) is 118 cm³/mol. The second-order valence-corrected chi connectivity index (χ2v) is 8.84. The molecule has 2 heterocycles. The zero-order chi connectivity index (χ0) is 21.0. The second-order valence-electron chi connectivity index (χ2n) is 7.37. The van der Waals surface area contributed by atoms with Gasteiger partial charge in [0.05, 0.1) is 12.5 Å². The van der Waals surface area contributed by atoms with E-state index < -0.39 is 12.5 Å². The topological polar surface area (TPSA) is 81.4 Å². The maximum Gasteiger partial charge on any atom is 0.323 e. The van der Waals surface area contributed by atoms with E-state index in [1.807, 2.05) is 18.2 Å². The number of carboxylic acids is 1. The number of rotatable bonds is 5. The van der Waals surface area contributed by atoms with Gasteiger partial charge in [-0.15, -0.1) is 11.3 Å². The first-order chi connectivity index (χ1) is 14.5. The first kappa shape index (κ1) is 19.1. The van der Waals surface area contributed by atoms with Gasteiger partial charge in [0.2, 0.25) is 0 Å². The number of aliphatic carboxylic acids is 1. The monoisotopic (exact) mass is 440 g/mol. The molecule has 152 valence electrons. The van der Waals surface area contributed by atoms with E-state index in [2.05, 4.69) is 0 Å². The van der Waals surface area contributed by atoms with Crippen LogP contribution in [-0.4, -0.2) is 27.7 Å². The number of benzene rings is 2. The molecular weight excluding hydrogens is 424 g/mol. The van der Waals surface area contributed by atoms with Gasteiger partial charge >= 0.3 is 5.97 Å². The molecule has 0 amide bonds. The molecule has 0 atom stereocenters. The van der Waals surface area contributed by atoms with Crippen molar-refractivity contribution in [2.45, 2.75) is 25.3 Å². The minimum atomic E-state index is -1.09. The molecule has 1 N–H and O–H groups in total. The number of aromatic nitrogens is 2. The van der Waals surface area contributed by atoms with Crippen molar-refractivity contribution >= 4 is 49.2 Å². The van der Waals surface area contributed by atoms with Crippen LogP contribution >= 0.6 is 22.9 Å². The lowest BCUT2D eigenvalue weighted by molar-refractivity contribution is -0.137. The molecule has 4 aromatic rings. The largest absolute Gasteiger partial charge is 0.497 e. The number of thiophene rings is 1. The summed E-state index contributed by atoms with van der Waals surface area (Å²) >= 11 is 7.50. The average Bonchev–Trinajstić information content (AvgIpc) is 3.50. The number of carbonyl (C=O) groups is 1. The molecule has 1 aliphatic carbocycles. The number of hydrogen-bond acceptors (Lipinski definition) is 5. The summed E-state index contributed by atoms with van der Waals surface area (Å²) in [5, 5.41) is 11.2. The van der Waals surface area contributed by atoms with E-state index in [1.165, 1.54) is 15.9 Å². The summed E-state index contributed by atoms with van der Waals surface area (Å²) in [7, 11) is 1.61. The first-order valence-corrected chi connectivity index (χ1v) is 10.7. The molecule has 0 unspecified atom stereocenters. The Balaban J connectivity index is 1.84. The molecule has 0 aliphatic heterocycles. The van der Waals surface area contributed by atoms with Gasteiger partial charge in [-0.05, 0) is 54.7 Å². The zero-order valence-electron chi connectivity index (χ0n) is 16.0. The van der Waals surface area contributed by atoms with Crippen LogP contribution in [0.5, 0.6) is 5.75 Å². The molecule has 1 aliphatic rings. The summed E-state index contributed by atoms with van der Waals surface area (Å²) in [5.74, 6) is 0.369. The van der Waals surface area contributed by atoms with Crippen LogP contribution in [0.1, 0.15) is 24.3 Å². The predicted octanol–water partition coefficient (Wildman–Crippen LogP) is 4.90. The Labute approximate surface area is 180 Å². The Hall–Kier alpha value is -2.90. The summed E-state index contributed by atoms with van der Waals surface area (Å²) in [6, 6.07) is 10.9.